The van der Waals surface area contributed by atoms with Crippen LogP contribution < -0.4 is 0 Å². The van der Waals surface area contributed by atoms with E-state index in [0.717, 1.165) is 18.3 Å². The highest BCUT2D eigenvalue weighted by Crippen LogP contribution is 2.32. The molecule has 15 heavy (non-hydrogen) atoms. The van der Waals surface area contributed by atoms with E-state index >= 15 is 0 Å². The van der Waals surface area contributed by atoms with E-state index in [0.29, 0.717) is 6.61 Å². The van der Waals surface area contributed by atoms with Gasteiger partial charge in [0, 0.05) is 6.61 Å². The van der Waals surface area contributed by atoms with Crippen molar-refractivity contribution in [3.8, 4) is 0 Å². The summed E-state index contributed by atoms with van der Waals surface area (Å²) in [4.78, 5) is 0. The maximum atomic E-state index is 8.89. The van der Waals surface area contributed by atoms with E-state index < -0.39 is 0 Å². The Morgan fingerprint density at radius 1 is 1.13 bits per heavy atom. The number of rotatable bonds is 7. The average Bonchev–Trinajstić information content (AvgIpc) is 2.28. The van der Waals surface area contributed by atoms with E-state index in [1.54, 1.807) is 0 Å². The molecular formula is C14H28O. The van der Waals surface area contributed by atoms with Crippen LogP contribution in [-0.4, -0.2) is 11.7 Å². The topological polar surface area (TPSA) is 20.2 Å². The third-order valence-corrected chi connectivity index (χ3v) is 3.86. The van der Waals surface area contributed by atoms with Crippen LogP contribution in [0.4, 0.5) is 0 Å². The molecule has 1 heteroatoms. The molecule has 0 saturated heterocycles. The van der Waals surface area contributed by atoms with Gasteiger partial charge in [-0.25, -0.2) is 0 Å². The lowest BCUT2D eigenvalue weighted by Crippen LogP contribution is -2.13. The van der Waals surface area contributed by atoms with Crippen molar-refractivity contribution in [1.29, 1.82) is 0 Å². The van der Waals surface area contributed by atoms with Gasteiger partial charge in [0.1, 0.15) is 0 Å². The van der Waals surface area contributed by atoms with Gasteiger partial charge in [0.25, 0.3) is 0 Å². The van der Waals surface area contributed by atoms with Crippen molar-refractivity contribution in [2.45, 2.75) is 71.1 Å². The molecule has 0 aromatic heterocycles. The molecule has 1 nitrogen and oxygen atoms in total. The second-order valence-corrected chi connectivity index (χ2v) is 5.26. The van der Waals surface area contributed by atoms with Crippen LogP contribution in [0, 0.1) is 11.8 Å². The summed E-state index contributed by atoms with van der Waals surface area (Å²) in [5.74, 6) is 1.90. The zero-order chi connectivity index (χ0) is 10.9. The van der Waals surface area contributed by atoms with Gasteiger partial charge in [-0.3, -0.25) is 0 Å². The Kier molecular flexibility index (Phi) is 7.08. The van der Waals surface area contributed by atoms with Gasteiger partial charge in [-0.15, -0.1) is 0 Å². The van der Waals surface area contributed by atoms with Crippen LogP contribution in [0.5, 0.6) is 0 Å². The second kappa shape index (κ2) is 8.15. The minimum atomic E-state index is 0.380. The lowest BCUT2D eigenvalue weighted by molar-refractivity contribution is 0.235. The first-order valence-electron chi connectivity index (χ1n) is 6.97. The average molecular weight is 212 g/mol. The van der Waals surface area contributed by atoms with Crippen LogP contribution in [0.2, 0.25) is 0 Å². The summed E-state index contributed by atoms with van der Waals surface area (Å²) in [6, 6.07) is 0. The number of hydrogen-bond donors (Lipinski definition) is 1. The van der Waals surface area contributed by atoms with Gasteiger partial charge >= 0.3 is 0 Å². The summed E-state index contributed by atoms with van der Waals surface area (Å²) >= 11 is 0. The zero-order valence-corrected chi connectivity index (χ0v) is 10.4. The van der Waals surface area contributed by atoms with Crippen LogP contribution >= 0.6 is 0 Å². The highest BCUT2D eigenvalue weighted by Gasteiger charge is 2.18. The quantitative estimate of drug-likeness (QED) is 0.672. The Morgan fingerprint density at radius 2 is 1.87 bits per heavy atom. The molecule has 0 unspecified atom stereocenters. The molecule has 0 aliphatic heterocycles. The molecule has 0 aromatic carbocycles. The number of aliphatic hydroxyl groups excluding tert-OH is 1. The second-order valence-electron chi connectivity index (χ2n) is 5.26. The highest BCUT2D eigenvalue weighted by molar-refractivity contribution is 4.70. The fraction of sp³-hybridized carbons (Fsp3) is 1.00. The van der Waals surface area contributed by atoms with Crippen LogP contribution in [0.3, 0.4) is 0 Å². The Hall–Kier alpha value is -0.0400. The molecule has 1 aliphatic rings. The predicted octanol–water partition coefficient (Wildman–Crippen LogP) is 4.15. The molecule has 0 spiro atoms. The fourth-order valence-electron chi connectivity index (χ4n) is 3.06. The molecule has 1 aliphatic carbocycles. The molecule has 0 bridgehead atoms. The Balaban J connectivity index is 2.21. The number of hydrogen-bond acceptors (Lipinski definition) is 1. The van der Waals surface area contributed by atoms with Gasteiger partial charge < -0.3 is 5.11 Å². The summed E-state index contributed by atoms with van der Waals surface area (Å²) in [5.41, 5.74) is 0. The molecule has 0 amide bonds. The van der Waals surface area contributed by atoms with E-state index in [9.17, 15) is 0 Å². The van der Waals surface area contributed by atoms with Crippen molar-refractivity contribution in [3.63, 3.8) is 0 Å². The first-order valence-corrected chi connectivity index (χ1v) is 6.97. The lowest BCUT2D eigenvalue weighted by Gasteiger charge is -2.26. The Labute approximate surface area is 95.3 Å². The molecule has 1 atom stereocenters. The van der Waals surface area contributed by atoms with Gasteiger partial charge in [0.2, 0.25) is 0 Å². The molecule has 1 rings (SSSR count). The standard InChI is InChI=1S/C14H28O/c1-2-7-13(10-6-11-15)12-14-8-4-3-5-9-14/h13-15H,2-12H2,1H3/t13-/m0/s1. The molecule has 0 aromatic rings. The largest absolute Gasteiger partial charge is 0.396 e. The van der Waals surface area contributed by atoms with Crippen molar-refractivity contribution in [2.75, 3.05) is 6.61 Å². The normalized spacial score (nSPS) is 20.4. The maximum Gasteiger partial charge on any atom is 0.0431 e. The van der Waals surface area contributed by atoms with E-state index in [2.05, 4.69) is 6.92 Å². The van der Waals surface area contributed by atoms with Crippen LogP contribution in [0.1, 0.15) is 71.1 Å². The summed E-state index contributed by atoms with van der Waals surface area (Å²) in [5, 5.41) is 8.89. The summed E-state index contributed by atoms with van der Waals surface area (Å²) in [7, 11) is 0. The lowest BCUT2D eigenvalue weighted by atomic mass is 9.80. The van der Waals surface area contributed by atoms with Gasteiger partial charge in [0.15, 0.2) is 0 Å². The minimum Gasteiger partial charge on any atom is -0.396 e. The van der Waals surface area contributed by atoms with E-state index in [1.807, 2.05) is 0 Å². The molecule has 0 heterocycles. The summed E-state index contributed by atoms with van der Waals surface area (Å²) < 4.78 is 0. The molecule has 1 fully saturated rings. The predicted molar refractivity (Wildman–Crippen MR) is 65.9 cm³/mol. The number of aliphatic hydroxyl groups is 1. The SMILES string of the molecule is CCC[C@@H](CCCO)CC1CCCCC1. The summed E-state index contributed by atoms with van der Waals surface area (Å²) in [6.45, 7) is 2.66. The molecule has 0 radical (unpaired) electrons. The zero-order valence-electron chi connectivity index (χ0n) is 10.4. The third kappa shape index (κ3) is 5.55. The summed E-state index contributed by atoms with van der Waals surface area (Å²) in [6.07, 6.45) is 13.7. The van der Waals surface area contributed by atoms with Gasteiger partial charge in [-0.2, -0.15) is 0 Å². The fourth-order valence-corrected chi connectivity index (χ4v) is 3.06. The van der Waals surface area contributed by atoms with Crippen molar-refractivity contribution in [3.05, 3.63) is 0 Å². The third-order valence-electron chi connectivity index (χ3n) is 3.86. The van der Waals surface area contributed by atoms with Crippen molar-refractivity contribution < 1.29 is 5.11 Å². The molecule has 1 N–H and O–H groups in total. The Morgan fingerprint density at radius 3 is 2.47 bits per heavy atom. The first kappa shape index (κ1) is 13.0. The molecular weight excluding hydrogens is 184 g/mol. The van der Waals surface area contributed by atoms with Crippen LogP contribution in [0.25, 0.3) is 0 Å². The molecule has 90 valence electrons. The highest BCUT2D eigenvalue weighted by atomic mass is 16.2. The van der Waals surface area contributed by atoms with Gasteiger partial charge in [0.05, 0.1) is 0 Å². The Bertz CT molecular complexity index is 138. The van der Waals surface area contributed by atoms with E-state index in [-0.39, 0.29) is 0 Å². The smallest absolute Gasteiger partial charge is 0.0431 e. The van der Waals surface area contributed by atoms with Crippen molar-refractivity contribution in [1.82, 2.24) is 0 Å². The van der Waals surface area contributed by atoms with E-state index in [1.165, 1.54) is 57.8 Å². The molecule has 1 saturated carbocycles. The van der Waals surface area contributed by atoms with Crippen molar-refractivity contribution in [2.24, 2.45) is 11.8 Å². The first-order chi connectivity index (χ1) is 7.36. The van der Waals surface area contributed by atoms with E-state index in [4.69, 9.17) is 5.11 Å². The minimum absolute atomic E-state index is 0.380. The van der Waals surface area contributed by atoms with Crippen LogP contribution in [0.15, 0.2) is 0 Å². The van der Waals surface area contributed by atoms with Gasteiger partial charge in [-0.05, 0) is 31.1 Å². The van der Waals surface area contributed by atoms with Gasteiger partial charge in [-0.1, -0.05) is 51.9 Å². The maximum absolute atomic E-state index is 8.89. The van der Waals surface area contributed by atoms with Crippen LogP contribution in [-0.2, 0) is 0 Å². The monoisotopic (exact) mass is 212 g/mol. The van der Waals surface area contributed by atoms with Crippen molar-refractivity contribution >= 4 is 0 Å².